The lowest BCUT2D eigenvalue weighted by molar-refractivity contribution is 0.195. The van der Waals surface area contributed by atoms with Crippen LogP contribution in [0.4, 0.5) is 5.69 Å². The molecular weight excluding hydrogens is 170 g/mol. The summed E-state index contributed by atoms with van der Waals surface area (Å²) in [7, 11) is 1.82. The molecule has 4 nitrogen and oxygen atoms in total. The predicted molar refractivity (Wildman–Crippen MR) is 48.0 cm³/mol. The molecule has 1 aromatic carbocycles. The molecule has 2 rings (SSSR count). The van der Waals surface area contributed by atoms with Gasteiger partial charge in [-0.15, -0.1) is 0 Å². The number of anilines is 1. The van der Waals surface area contributed by atoms with Gasteiger partial charge in [0, 0.05) is 30.9 Å². The smallest absolute Gasteiger partial charge is 0.159 e. The number of phenolic OH excluding ortho intramolecular Hbond substituents is 2. The van der Waals surface area contributed by atoms with Gasteiger partial charge in [0.15, 0.2) is 11.5 Å². The van der Waals surface area contributed by atoms with E-state index < -0.39 is 6.10 Å². The summed E-state index contributed by atoms with van der Waals surface area (Å²) >= 11 is 0. The van der Waals surface area contributed by atoms with Gasteiger partial charge in [-0.05, 0) is 6.07 Å². The quantitative estimate of drug-likeness (QED) is 0.512. The van der Waals surface area contributed by atoms with E-state index >= 15 is 0 Å². The van der Waals surface area contributed by atoms with Gasteiger partial charge in [-0.3, -0.25) is 0 Å². The molecular formula is C9H11NO3. The summed E-state index contributed by atoms with van der Waals surface area (Å²) in [5, 5.41) is 28.0. The number of nitrogens with zero attached hydrogens (tertiary/aromatic N) is 1. The van der Waals surface area contributed by atoms with Crippen molar-refractivity contribution in [3.05, 3.63) is 17.7 Å². The number of rotatable bonds is 0. The zero-order chi connectivity index (χ0) is 9.59. The second-order valence-electron chi connectivity index (χ2n) is 3.30. The molecule has 1 aromatic rings. The highest BCUT2D eigenvalue weighted by Crippen LogP contribution is 2.40. The molecule has 1 aliphatic rings. The standard InChI is InChI=1S/C9H11NO3/c1-10-4-9(13)5-2-7(11)8(12)3-6(5)10/h2-3,9,11-13H,4H2,1H3. The normalized spacial score (nSPS) is 20.5. The van der Waals surface area contributed by atoms with Gasteiger partial charge < -0.3 is 20.2 Å². The molecule has 3 N–H and O–H groups in total. The number of β-amino-alcohol motifs (C(OH)–C–C–N with tert-alkyl or cyclic N) is 1. The van der Waals surface area contributed by atoms with Crippen molar-refractivity contribution in [1.82, 2.24) is 0 Å². The number of hydrogen-bond acceptors (Lipinski definition) is 4. The molecule has 0 spiro atoms. The highest BCUT2D eigenvalue weighted by atomic mass is 16.3. The van der Waals surface area contributed by atoms with Crippen LogP contribution >= 0.6 is 0 Å². The second-order valence-corrected chi connectivity index (χ2v) is 3.30. The lowest BCUT2D eigenvalue weighted by atomic mass is 10.1. The van der Waals surface area contributed by atoms with Crippen LogP contribution in [0.25, 0.3) is 0 Å². The van der Waals surface area contributed by atoms with Gasteiger partial charge in [0.2, 0.25) is 0 Å². The highest BCUT2D eigenvalue weighted by Gasteiger charge is 2.25. The van der Waals surface area contributed by atoms with Crippen molar-refractivity contribution in [1.29, 1.82) is 0 Å². The third-order valence-electron chi connectivity index (χ3n) is 2.34. The molecule has 0 aromatic heterocycles. The van der Waals surface area contributed by atoms with Crippen LogP contribution in [0.2, 0.25) is 0 Å². The van der Waals surface area contributed by atoms with Crippen LogP contribution in [0.1, 0.15) is 11.7 Å². The molecule has 1 unspecified atom stereocenters. The van der Waals surface area contributed by atoms with Crippen molar-refractivity contribution >= 4 is 5.69 Å². The number of aliphatic hydroxyl groups is 1. The number of fused-ring (bicyclic) bond motifs is 1. The molecule has 70 valence electrons. The Kier molecular flexibility index (Phi) is 1.60. The fraction of sp³-hybridized carbons (Fsp3) is 0.333. The Labute approximate surface area is 75.7 Å². The summed E-state index contributed by atoms with van der Waals surface area (Å²) in [5.74, 6) is -0.340. The van der Waals surface area contributed by atoms with Crippen molar-refractivity contribution in [3.8, 4) is 11.5 Å². The minimum atomic E-state index is -0.577. The van der Waals surface area contributed by atoms with Crippen molar-refractivity contribution in [2.45, 2.75) is 6.10 Å². The van der Waals surface area contributed by atoms with Crippen molar-refractivity contribution < 1.29 is 15.3 Å². The van der Waals surface area contributed by atoms with E-state index in [0.29, 0.717) is 12.1 Å². The maximum atomic E-state index is 9.53. The fourth-order valence-electron chi connectivity index (χ4n) is 1.64. The topological polar surface area (TPSA) is 63.9 Å². The molecule has 4 heteroatoms. The average Bonchev–Trinajstić information content (AvgIpc) is 2.31. The van der Waals surface area contributed by atoms with Crippen LogP contribution in [0.3, 0.4) is 0 Å². The third-order valence-corrected chi connectivity index (χ3v) is 2.34. The minimum Gasteiger partial charge on any atom is -0.504 e. The zero-order valence-electron chi connectivity index (χ0n) is 7.23. The first-order valence-electron chi connectivity index (χ1n) is 4.04. The Morgan fingerprint density at radius 2 is 1.92 bits per heavy atom. The Balaban J connectivity index is 2.58. The molecule has 1 heterocycles. The number of benzene rings is 1. The summed E-state index contributed by atoms with van der Waals surface area (Å²) in [6, 6.07) is 2.86. The molecule has 0 saturated carbocycles. The van der Waals surface area contributed by atoms with E-state index in [1.165, 1.54) is 12.1 Å². The largest absolute Gasteiger partial charge is 0.504 e. The minimum absolute atomic E-state index is 0.153. The van der Waals surface area contributed by atoms with Gasteiger partial charge in [-0.1, -0.05) is 0 Å². The van der Waals surface area contributed by atoms with Crippen LogP contribution < -0.4 is 4.90 Å². The monoisotopic (exact) mass is 181 g/mol. The summed E-state index contributed by atoms with van der Waals surface area (Å²) in [5.41, 5.74) is 1.43. The molecule has 0 radical (unpaired) electrons. The summed E-state index contributed by atoms with van der Waals surface area (Å²) in [6.45, 7) is 0.498. The molecule has 13 heavy (non-hydrogen) atoms. The maximum absolute atomic E-state index is 9.53. The SMILES string of the molecule is CN1CC(O)c2cc(O)c(O)cc21. The molecule has 1 atom stereocenters. The Morgan fingerprint density at radius 3 is 2.62 bits per heavy atom. The maximum Gasteiger partial charge on any atom is 0.159 e. The molecule has 0 aliphatic carbocycles. The fourth-order valence-corrected chi connectivity index (χ4v) is 1.64. The first-order valence-corrected chi connectivity index (χ1v) is 4.04. The van der Waals surface area contributed by atoms with Gasteiger partial charge in [-0.2, -0.15) is 0 Å². The molecule has 0 amide bonds. The van der Waals surface area contributed by atoms with Gasteiger partial charge in [0.05, 0.1) is 6.10 Å². The van der Waals surface area contributed by atoms with Gasteiger partial charge in [0.1, 0.15) is 0 Å². The summed E-state index contributed by atoms with van der Waals surface area (Å²) in [6.07, 6.45) is -0.577. The molecule has 0 bridgehead atoms. The van der Waals surface area contributed by atoms with E-state index in [-0.39, 0.29) is 11.5 Å². The molecule has 0 fully saturated rings. The molecule has 0 saturated heterocycles. The lowest BCUT2D eigenvalue weighted by Crippen LogP contribution is -2.14. The number of phenols is 2. The zero-order valence-corrected chi connectivity index (χ0v) is 7.23. The van der Waals surface area contributed by atoms with Crippen LogP contribution in [-0.2, 0) is 0 Å². The Morgan fingerprint density at radius 1 is 1.31 bits per heavy atom. The van der Waals surface area contributed by atoms with Gasteiger partial charge in [0.25, 0.3) is 0 Å². The Bertz CT molecular complexity index is 318. The second kappa shape index (κ2) is 2.53. The highest BCUT2D eigenvalue weighted by molar-refractivity contribution is 5.64. The van der Waals surface area contributed by atoms with E-state index in [0.717, 1.165) is 5.69 Å². The third kappa shape index (κ3) is 1.10. The van der Waals surface area contributed by atoms with Crippen molar-refractivity contribution in [2.75, 3.05) is 18.5 Å². The average molecular weight is 181 g/mol. The van der Waals surface area contributed by atoms with Gasteiger partial charge >= 0.3 is 0 Å². The molecule has 1 aliphatic heterocycles. The van der Waals surface area contributed by atoms with Crippen molar-refractivity contribution in [3.63, 3.8) is 0 Å². The number of aliphatic hydroxyl groups excluding tert-OH is 1. The van der Waals surface area contributed by atoms with E-state index in [4.69, 9.17) is 0 Å². The van der Waals surface area contributed by atoms with Crippen LogP contribution in [0.5, 0.6) is 11.5 Å². The van der Waals surface area contributed by atoms with Crippen LogP contribution in [-0.4, -0.2) is 28.9 Å². The number of hydrogen-bond donors (Lipinski definition) is 3. The van der Waals surface area contributed by atoms with E-state index in [9.17, 15) is 15.3 Å². The van der Waals surface area contributed by atoms with E-state index in [2.05, 4.69) is 0 Å². The van der Waals surface area contributed by atoms with Crippen molar-refractivity contribution in [2.24, 2.45) is 0 Å². The predicted octanol–water partition coefficient (Wildman–Crippen LogP) is 0.581. The number of aromatic hydroxyl groups is 2. The number of likely N-dealkylation sites (N-methyl/N-ethyl adjacent to an activating group) is 1. The summed E-state index contributed by atoms with van der Waals surface area (Å²) in [4.78, 5) is 1.83. The van der Waals surface area contributed by atoms with E-state index in [1.807, 2.05) is 11.9 Å². The first kappa shape index (κ1) is 8.19. The first-order chi connectivity index (χ1) is 6.09. The Hall–Kier alpha value is -1.42. The lowest BCUT2D eigenvalue weighted by Gasteiger charge is -2.11. The summed E-state index contributed by atoms with van der Waals surface area (Å²) < 4.78 is 0. The van der Waals surface area contributed by atoms with E-state index in [1.54, 1.807) is 0 Å². The van der Waals surface area contributed by atoms with Gasteiger partial charge in [-0.25, -0.2) is 0 Å². The van der Waals surface area contributed by atoms with Crippen LogP contribution in [0, 0.1) is 0 Å². The van der Waals surface area contributed by atoms with Crippen LogP contribution in [0.15, 0.2) is 12.1 Å².